The SMILES string of the molecule is CC.CC(C)=O.COCOC(=O)c1ccccc1. The number of ketones is 1. The molecule has 0 bridgehead atoms. The highest BCUT2D eigenvalue weighted by atomic mass is 16.7. The number of hydrogen-bond acceptors (Lipinski definition) is 4. The number of benzene rings is 1. The molecule has 0 radical (unpaired) electrons. The molecule has 4 heteroatoms. The maximum Gasteiger partial charge on any atom is 0.340 e. The number of carbonyl (C=O) groups excluding carboxylic acids is 2. The van der Waals surface area contributed by atoms with Crippen molar-refractivity contribution in [3.05, 3.63) is 35.9 Å². The molecule has 1 aromatic rings. The minimum atomic E-state index is -0.363. The van der Waals surface area contributed by atoms with Crippen molar-refractivity contribution in [2.45, 2.75) is 27.7 Å². The van der Waals surface area contributed by atoms with E-state index in [4.69, 9.17) is 4.74 Å². The molecule has 0 heterocycles. The Morgan fingerprint density at radius 2 is 1.50 bits per heavy atom. The van der Waals surface area contributed by atoms with Crippen molar-refractivity contribution >= 4 is 11.8 Å². The molecule has 0 aliphatic heterocycles. The van der Waals surface area contributed by atoms with Crippen molar-refractivity contribution < 1.29 is 19.1 Å². The van der Waals surface area contributed by atoms with Gasteiger partial charge in [0.15, 0.2) is 6.79 Å². The summed E-state index contributed by atoms with van der Waals surface area (Å²) in [5.41, 5.74) is 0.537. The van der Waals surface area contributed by atoms with Crippen molar-refractivity contribution in [3.8, 4) is 0 Å². The fraction of sp³-hybridized carbons (Fsp3) is 0.429. The Labute approximate surface area is 109 Å². The van der Waals surface area contributed by atoms with E-state index < -0.39 is 0 Å². The van der Waals surface area contributed by atoms with Gasteiger partial charge in [0.1, 0.15) is 5.78 Å². The molecule has 102 valence electrons. The third-order valence-electron chi connectivity index (χ3n) is 1.32. The molecule has 0 aliphatic rings. The lowest BCUT2D eigenvalue weighted by atomic mass is 10.2. The second-order valence-electron chi connectivity index (χ2n) is 3.11. The van der Waals surface area contributed by atoms with E-state index in [0.29, 0.717) is 5.56 Å². The lowest BCUT2D eigenvalue weighted by Crippen LogP contribution is -2.06. The van der Waals surface area contributed by atoms with Gasteiger partial charge in [0.05, 0.1) is 5.56 Å². The van der Waals surface area contributed by atoms with Crippen molar-refractivity contribution in [1.82, 2.24) is 0 Å². The lowest BCUT2D eigenvalue weighted by molar-refractivity contribution is -0.115. The Balaban J connectivity index is 0. The zero-order valence-electron chi connectivity index (χ0n) is 11.7. The third kappa shape index (κ3) is 12.4. The van der Waals surface area contributed by atoms with Crippen LogP contribution in [0.4, 0.5) is 0 Å². The molecule has 4 nitrogen and oxygen atoms in total. The van der Waals surface area contributed by atoms with E-state index in [1.807, 2.05) is 19.9 Å². The minimum Gasteiger partial charge on any atom is -0.435 e. The highest BCUT2D eigenvalue weighted by molar-refractivity contribution is 5.89. The lowest BCUT2D eigenvalue weighted by Gasteiger charge is -2.01. The summed E-state index contributed by atoms with van der Waals surface area (Å²) in [5.74, 6) is -0.197. The van der Waals surface area contributed by atoms with Gasteiger partial charge in [-0.05, 0) is 26.0 Å². The minimum absolute atomic E-state index is 0.00622. The smallest absolute Gasteiger partial charge is 0.340 e. The van der Waals surface area contributed by atoms with Gasteiger partial charge in [0.25, 0.3) is 0 Å². The normalized spacial score (nSPS) is 8.06. The van der Waals surface area contributed by atoms with Gasteiger partial charge in [0, 0.05) is 7.11 Å². The molecule has 0 saturated heterocycles. The molecule has 0 N–H and O–H groups in total. The van der Waals surface area contributed by atoms with Crippen LogP contribution in [0.25, 0.3) is 0 Å². The summed E-state index contributed by atoms with van der Waals surface area (Å²) in [4.78, 5) is 20.5. The van der Waals surface area contributed by atoms with Gasteiger partial charge in [-0.15, -0.1) is 0 Å². The predicted molar refractivity (Wildman–Crippen MR) is 71.4 cm³/mol. The van der Waals surface area contributed by atoms with E-state index in [2.05, 4.69) is 4.74 Å². The largest absolute Gasteiger partial charge is 0.435 e. The quantitative estimate of drug-likeness (QED) is 0.614. The van der Waals surface area contributed by atoms with E-state index >= 15 is 0 Å². The Kier molecular flexibility index (Phi) is 13.9. The van der Waals surface area contributed by atoms with Crippen molar-refractivity contribution in [2.24, 2.45) is 0 Å². The summed E-state index contributed by atoms with van der Waals surface area (Å²) in [6, 6.07) is 8.79. The van der Waals surface area contributed by atoms with E-state index in [0.717, 1.165) is 0 Å². The van der Waals surface area contributed by atoms with E-state index in [-0.39, 0.29) is 18.5 Å². The standard InChI is InChI=1S/C9H10O3.C3H6O.C2H6/c1-11-7-12-9(10)8-5-3-2-4-6-8;1-3(2)4;1-2/h2-6H,7H2,1H3;1-2H3;1-2H3. The average molecular weight is 254 g/mol. The Morgan fingerprint density at radius 1 is 1.06 bits per heavy atom. The van der Waals surface area contributed by atoms with Crippen LogP contribution in [0, 0.1) is 0 Å². The van der Waals surface area contributed by atoms with Crippen molar-refractivity contribution in [3.63, 3.8) is 0 Å². The van der Waals surface area contributed by atoms with Gasteiger partial charge in [-0.1, -0.05) is 32.0 Å². The predicted octanol–water partition coefficient (Wildman–Crippen LogP) is 3.07. The zero-order chi connectivity index (χ0) is 14.4. The zero-order valence-corrected chi connectivity index (χ0v) is 11.7. The van der Waals surface area contributed by atoms with E-state index in [9.17, 15) is 9.59 Å². The maximum atomic E-state index is 11.1. The second-order valence-corrected chi connectivity index (χ2v) is 3.11. The molecule has 0 unspecified atom stereocenters. The van der Waals surface area contributed by atoms with Crippen LogP contribution in [0.2, 0.25) is 0 Å². The molecule has 0 aromatic heterocycles. The van der Waals surface area contributed by atoms with Gasteiger partial charge in [-0.2, -0.15) is 0 Å². The monoisotopic (exact) mass is 254 g/mol. The van der Waals surface area contributed by atoms with E-state index in [1.165, 1.54) is 21.0 Å². The number of hydrogen-bond donors (Lipinski definition) is 0. The van der Waals surface area contributed by atoms with Gasteiger partial charge in [-0.3, -0.25) is 0 Å². The molecule has 18 heavy (non-hydrogen) atoms. The molecule has 0 aliphatic carbocycles. The Bertz CT molecular complexity index is 316. The number of methoxy groups -OCH3 is 1. The topological polar surface area (TPSA) is 52.6 Å². The fourth-order valence-corrected chi connectivity index (χ4v) is 0.770. The first-order chi connectivity index (χ1) is 8.57. The number of carbonyl (C=O) groups is 2. The van der Waals surface area contributed by atoms with Crippen LogP contribution in [0.15, 0.2) is 30.3 Å². The van der Waals surface area contributed by atoms with E-state index in [1.54, 1.807) is 24.3 Å². The van der Waals surface area contributed by atoms with Crippen LogP contribution >= 0.6 is 0 Å². The molecule has 0 saturated carbocycles. The molecule has 0 atom stereocenters. The molecule has 0 spiro atoms. The molecule has 1 aromatic carbocycles. The summed E-state index contributed by atoms with van der Waals surface area (Å²) in [6.07, 6.45) is 0. The Hall–Kier alpha value is -1.68. The average Bonchev–Trinajstić information content (AvgIpc) is 2.38. The first-order valence-electron chi connectivity index (χ1n) is 5.76. The molecule has 0 fully saturated rings. The van der Waals surface area contributed by atoms with Gasteiger partial charge >= 0.3 is 5.97 Å². The van der Waals surface area contributed by atoms with Crippen LogP contribution in [-0.2, 0) is 14.3 Å². The number of Topliss-reactive ketones (excluding diaryl/α,β-unsaturated/α-hetero) is 1. The van der Waals surface area contributed by atoms with Gasteiger partial charge in [0.2, 0.25) is 0 Å². The summed E-state index contributed by atoms with van der Waals surface area (Å²) < 4.78 is 9.31. The van der Waals surface area contributed by atoms with Gasteiger partial charge in [-0.25, -0.2) is 4.79 Å². The Morgan fingerprint density at radius 3 is 1.89 bits per heavy atom. The van der Waals surface area contributed by atoms with Gasteiger partial charge < -0.3 is 14.3 Å². The molecular formula is C14H22O4. The number of esters is 1. The van der Waals surface area contributed by atoms with Crippen LogP contribution in [0.1, 0.15) is 38.1 Å². The first kappa shape index (κ1) is 18.7. The maximum absolute atomic E-state index is 11.1. The second kappa shape index (κ2) is 13.4. The molecule has 1 rings (SSSR count). The third-order valence-corrected chi connectivity index (χ3v) is 1.32. The van der Waals surface area contributed by atoms with Crippen LogP contribution < -0.4 is 0 Å². The van der Waals surface area contributed by atoms with Crippen molar-refractivity contribution in [2.75, 3.05) is 13.9 Å². The molecule has 0 amide bonds. The number of ether oxygens (including phenoxy) is 2. The summed E-state index contributed by atoms with van der Waals surface area (Å²) in [6.45, 7) is 7.05. The highest BCUT2D eigenvalue weighted by Gasteiger charge is 2.03. The molecular weight excluding hydrogens is 232 g/mol. The van der Waals surface area contributed by atoms with Crippen molar-refractivity contribution in [1.29, 1.82) is 0 Å². The summed E-state index contributed by atoms with van der Waals surface area (Å²) in [5, 5.41) is 0. The van der Waals surface area contributed by atoms with Crippen LogP contribution in [0.5, 0.6) is 0 Å². The fourth-order valence-electron chi connectivity index (χ4n) is 0.770. The summed E-state index contributed by atoms with van der Waals surface area (Å²) >= 11 is 0. The van der Waals surface area contributed by atoms with Crippen LogP contribution in [-0.4, -0.2) is 25.7 Å². The number of rotatable bonds is 3. The first-order valence-corrected chi connectivity index (χ1v) is 5.76. The summed E-state index contributed by atoms with van der Waals surface area (Å²) in [7, 11) is 1.47. The highest BCUT2D eigenvalue weighted by Crippen LogP contribution is 2.00. The van der Waals surface area contributed by atoms with Crippen LogP contribution in [0.3, 0.4) is 0 Å².